The fraction of sp³-hybridized carbons (Fsp3) is 0.400. The molecule has 13 heavy (non-hydrogen) atoms. The van der Waals surface area contributed by atoms with Crippen LogP contribution in [-0.2, 0) is 6.42 Å². The Bertz CT molecular complexity index is 297. The van der Waals surface area contributed by atoms with Crippen LogP contribution in [0.2, 0.25) is 0 Å². The molecule has 0 aliphatic rings. The molecule has 1 aromatic rings. The van der Waals surface area contributed by atoms with Gasteiger partial charge in [0.2, 0.25) is 0 Å². The second-order valence-corrected chi connectivity index (χ2v) is 2.65. The van der Waals surface area contributed by atoms with Crippen LogP contribution in [0.15, 0.2) is 12.1 Å². The van der Waals surface area contributed by atoms with Gasteiger partial charge in [-0.3, -0.25) is 0 Å². The lowest BCUT2D eigenvalue weighted by Gasteiger charge is -2.09. The first-order chi connectivity index (χ1) is 6.22. The van der Waals surface area contributed by atoms with E-state index in [0.717, 1.165) is 12.0 Å². The van der Waals surface area contributed by atoms with Crippen molar-refractivity contribution in [1.29, 1.82) is 0 Å². The van der Waals surface area contributed by atoms with E-state index < -0.39 is 0 Å². The van der Waals surface area contributed by atoms with Crippen LogP contribution in [0, 0.1) is 5.82 Å². The maximum absolute atomic E-state index is 13.2. The minimum atomic E-state index is -0.347. The number of benzene rings is 1. The summed E-state index contributed by atoms with van der Waals surface area (Å²) < 4.78 is 23.1. The molecule has 0 bridgehead atoms. The fourth-order valence-electron chi connectivity index (χ4n) is 1.20. The summed E-state index contributed by atoms with van der Waals surface area (Å²) in [4.78, 5) is 0. The second kappa shape index (κ2) is 4.12. The highest BCUT2D eigenvalue weighted by Crippen LogP contribution is 2.27. The van der Waals surface area contributed by atoms with E-state index in [1.807, 2.05) is 6.92 Å². The lowest BCUT2D eigenvalue weighted by molar-refractivity contribution is 0.371. The van der Waals surface area contributed by atoms with Crippen molar-refractivity contribution < 1.29 is 13.9 Å². The highest BCUT2D eigenvalue weighted by atomic mass is 19.1. The Hall–Kier alpha value is -1.25. The number of rotatable bonds is 3. The second-order valence-electron chi connectivity index (χ2n) is 2.65. The number of hydrogen-bond donors (Lipinski definition) is 0. The van der Waals surface area contributed by atoms with Gasteiger partial charge in [0.15, 0.2) is 11.6 Å². The summed E-state index contributed by atoms with van der Waals surface area (Å²) in [6, 6.07) is 3.01. The van der Waals surface area contributed by atoms with Crippen LogP contribution in [0.1, 0.15) is 12.5 Å². The van der Waals surface area contributed by atoms with Crippen LogP contribution in [0.4, 0.5) is 4.39 Å². The molecule has 3 heteroatoms. The lowest BCUT2D eigenvalue weighted by Crippen LogP contribution is -1.95. The molecule has 0 aliphatic heterocycles. The van der Waals surface area contributed by atoms with Gasteiger partial charge in [-0.05, 0) is 18.1 Å². The molecule has 0 heterocycles. The Morgan fingerprint density at radius 3 is 2.23 bits per heavy atom. The standard InChI is InChI=1S/C10H13FO2/c1-4-7-5-8(11)10(13-3)6-9(7)12-2/h5-6H,4H2,1-3H3. The average molecular weight is 184 g/mol. The van der Waals surface area contributed by atoms with E-state index in [1.165, 1.54) is 13.2 Å². The minimum absolute atomic E-state index is 0.217. The quantitative estimate of drug-likeness (QED) is 0.718. The molecule has 0 saturated heterocycles. The smallest absolute Gasteiger partial charge is 0.165 e. The monoisotopic (exact) mass is 184 g/mol. The summed E-state index contributed by atoms with van der Waals surface area (Å²) in [6.07, 6.45) is 0.740. The van der Waals surface area contributed by atoms with Crippen molar-refractivity contribution >= 4 is 0 Å². The van der Waals surface area contributed by atoms with E-state index in [9.17, 15) is 4.39 Å². The van der Waals surface area contributed by atoms with Crippen molar-refractivity contribution in [1.82, 2.24) is 0 Å². The average Bonchev–Trinajstić information content (AvgIpc) is 2.17. The zero-order chi connectivity index (χ0) is 9.84. The van der Waals surface area contributed by atoms with Crippen molar-refractivity contribution in [2.45, 2.75) is 13.3 Å². The van der Waals surface area contributed by atoms with Gasteiger partial charge in [-0.15, -0.1) is 0 Å². The van der Waals surface area contributed by atoms with E-state index in [1.54, 1.807) is 13.2 Å². The molecule has 0 atom stereocenters. The van der Waals surface area contributed by atoms with Gasteiger partial charge >= 0.3 is 0 Å². The Kier molecular flexibility index (Phi) is 3.12. The first-order valence-electron chi connectivity index (χ1n) is 4.13. The maximum Gasteiger partial charge on any atom is 0.165 e. The molecule has 0 radical (unpaired) electrons. The Morgan fingerprint density at radius 2 is 1.77 bits per heavy atom. The van der Waals surface area contributed by atoms with E-state index in [0.29, 0.717) is 5.75 Å². The first-order valence-corrected chi connectivity index (χ1v) is 4.13. The van der Waals surface area contributed by atoms with Gasteiger partial charge in [0.05, 0.1) is 14.2 Å². The van der Waals surface area contributed by atoms with Gasteiger partial charge in [-0.25, -0.2) is 4.39 Å². The van der Waals surface area contributed by atoms with Crippen molar-refractivity contribution in [2.75, 3.05) is 14.2 Å². The summed E-state index contributed by atoms with van der Waals surface area (Å²) in [5.74, 6) is 0.537. The van der Waals surface area contributed by atoms with Crippen molar-refractivity contribution in [3.05, 3.63) is 23.5 Å². The molecule has 0 N–H and O–H groups in total. The third-order valence-electron chi connectivity index (χ3n) is 1.94. The van der Waals surface area contributed by atoms with Gasteiger partial charge < -0.3 is 9.47 Å². The molecule has 72 valence electrons. The normalized spacial score (nSPS) is 9.85. The topological polar surface area (TPSA) is 18.5 Å². The number of methoxy groups -OCH3 is 2. The first kappa shape index (κ1) is 9.84. The molecule has 2 nitrogen and oxygen atoms in total. The summed E-state index contributed by atoms with van der Waals surface area (Å²) >= 11 is 0. The Labute approximate surface area is 77.3 Å². The molecular formula is C10H13FO2. The van der Waals surface area contributed by atoms with E-state index in [-0.39, 0.29) is 11.6 Å². The van der Waals surface area contributed by atoms with Gasteiger partial charge in [0.25, 0.3) is 0 Å². The highest BCUT2D eigenvalue weighted by Gasteiger charge is 2.08. The van der Waals surface area contributed by atoms with Crippen molar-refractivity contribution in [2.24, 2.45) is 0 Å². The van der Waals surface area contributed by atoms with E-state index in [2.05, 4.69) is 0 Å². The summed E-state index contributed by atoms with van der Waals surface area (Å²) in [5, 5.41) is 0. The minimum Gasteiger partial charge on any atom is -0.496 e. The predicted molar refractivity (Wildman–Crippen MR) is 48.9 cm³/mol. The van der Waals surface area contributed by atoms with Crippen LogP contribution < -0.4 is 9.47 Å². The molecule has 0 aromatic heterocycles. The van der Waals surface area contributed by atoms with Gasteiger partial charge in [0, 0.05) is 6.07 Å². The predicted octanol–water partition coefficient (Wildman–Crippen LogP) is 2.41. The molecule has 0 aliphatic carbocycles. The molecule has 0 fully saturated rings. The van der Waals surface area contributed by atoms with Crippen molar-refractivity contribution in [3.8, 4) is 11.5 Å². The SMILES string of the molecule is CCc1cc(F)c(OC)cc1OC. The molecular weight excluding hydrogens is 171 g/mol. The molecule has 1 aromatic carbocycles. The zero-order valence-electron chi connectivity index (χ0n) is 8.06. The van der Waals surface area contributed by atoms with Crippen molar-refractivity contribution in [3.63, 3.8) is 0 Å². The van der Waals surface area contributed by atoms with E-state index >= 15 is 0 Å². The van der Waals surface area contributed by atoms with Gasteiger partial charge in [0.1, 0.15) is 5.75 Å². The van der Waals surface area contributed by atoms with E-state index in [4.69, 9.17) is 9.47 Å². The third kappa shape index (κ3) is 1.91. The van der Waals surface area contributed by atoms with Gasteiger partial charge in [-0.1, -0.05) is 6.92 Å². The summed E-state index contributed by atoms with van der Waals surface area (Å²) in [5.41, 5.74) is 0.848. The maximum atomic E-state index is 13.2. The Morgan fingerprint density at radius 1 is 1.15 bits per heavy atom. The van der Waals surface area contributed by atoms with Crippen LogP contribution in [-0.4, -0.2) is 14.2 Å². The number of ether oxygens (including phenoxy) is 2. The van der Waals surface area contributed by atoms with Crippen LogP contribution in [0.5, 0.6) is 11.5 Å². The van der Waals surface area contributed by atoms with Crippen LogP contribution >= 0.6 is 0 Å². The molecule has 0 spiro atoms. The number of aryl methyl sites for hydroxylation is 1. The van der Waals surface area contributed by atoms with Gasteiger partial charge in [-0.2, -0.15) is 0 Å². The molecule has 0 saturated carbocycles. The summed E-state index contributed by atoms with van der Waals surface area (Å²) in [6.45, 7) is 1.95. The van der Waals surface area contributed by atoms with Crippen LogP contribution in [0.3, 0.4) is 0 Å². The summed E-state index contributed by atoms with van der Waals surface area (Å²) in [7, 11) is 3.00. The largest absolute Gasteiger partial charge is 0.496 e. The van der Waals surface area contributed by atoms with Crippen LogP contribution in [0.25, 0.3) is 0 Å². The highest BCUT2D eigenvalue weighted by molar-refractivity contribution is 5.41. The third-order valence-corrected chi connectivity index (χ3v) is 1.94. The number of halogens is 1. The molecule has 1 rings (SSSR count). The fourth-order valence-corrected chi connectivity index (χ4v) is 1.20. The zero-order valence-corrected chi connectivity index (χ0v) is 8.06. The Balaban J connectivity index is 3.18. The molecule has 0 amide bonds. The lowest BCUT2D eigenvalue weighted by atomic mass is 10.1. The molecule has 0 unspecified atom stereocenters. The number of hydrogen-bond acceptors (Lipinski definition) is 2.